The van der Waals surface area contributed by atoms with Crippen LogP contribution in [0, 0.1) is 5.41 Å². The summed E-state index contributed by atoms with van der Waals surface area (Å²) in [7, 11) is 1.68. The molecule has 3 nitrogen and oxygen atoms in total. The molecule has 0 heterocycles. The number of halogens is 3. The Morgan fingerprint density at radius 3 is 2.35 bits per heavy atom. The first kappa shape index (κ1) is 16.7. The SMILES string of the molecule is CN(Cc1ccc(OC(F)F)cc1)C(=O)C(C)(C)CCl. The molecule has 0 aliphatic heterocycles. The molecule has 0 aliphatic rings. The van der Waals surface area contributed by atoms with Gasteiger partial charge < -0.3 is 9.64 Å². The van der Waals surface area contributed by atoms with Gasteiger partial charge in [0.15, 0.2) is 0 Å². The molecule has 1 amide bonds. The number of hydrogen-bond acceptors (Lipinski definition) is 2. The zero-order valence-corrected chi connectivity index (χ0v) is 12.5. The quantitative estimate of drug-likeness (QED) is 0.753. The molecule has 0 saturated heterocycles. The van der Waals surface area contributed by atoms with Crippen molar-refractivity contribution in [2.75, 3.05) is 12.9 Å². The zero-order chi connectivity index (χ0) is 15.3. The molecule has 1 rings (SSSR count). The number of rotatable bonds is 6. The fourth-order valence-electron chi connectivity index (χ4n) is 1.70. The first-order valence-corrected chi connectivity index (χ1v) is 6.65. The van der Waals surface area contributed by atoms with Crippen molar-refractivity contribution in [3.63, 3.8) is 0 Å². The molecule has 1 aromatic carbocycles. The molecule has 0 aromatic heterocycles. The predicted molar refractivity (Wildman–Crippen MR) is 74.0 cm³/mol. The third-order valence-electron chi connectivity index (χ3n) is 2.83. The summed E-state index contributed by atoms with van der Waals surface area (Å²) in [5.41, 5.74) is 0.197. The van der Waals surface area contributed by atoms with Gasteiger partial charge >= 0.3 is 6.61 Å². The molecule has 112 valence electrons. The van der Waals surface area contributed by atoms with E-state index in [2.05, 4.69) is 4.74 Å². The lowest BCUT2D eigenvalue weighted by Gasteiger charge is -2.27. The summed E-state index contributed by atoms with van der Waals surface area (Å²) in [5, 5.41) is 0. The summed E-state index contributed by atoms with van der Waals surface area (Å²) in [4.78, 5) is 13.7. The highest BCUT2D eigenvalue weighted by Crippen LogP contribution is 2.22. The number of carbonyl (C=O) groups is 1. The van der Waals surface area contributed by atoms with Crippen molar-refractivity contribution in [1.29, 1.82) is 0 Å². The monoisotopic (exact) mass is 305 g/mol. The van der Waals surface area contributed by atoms with E-state index >= 15 is 0 Å². The zero-order valence-electron chi connectivity index (χ0n) is 11.7. The molecule has 6 heteroatoms. The maximum atomic E-state index is 12.1. The molecule has 0 radical (unpaired) electrons. The van der Waals surface area contributed by atoms with Crippen molar-refractivity contribution < 1.29 is 18.3 Å². The van der Waals surface area contributed by atoms with Crippen molar-refractivity contribution in [1.82, 2.24) is 4.90 Å². The molecule has 0 aliphatic carbocycles. The first-order chi connectivity index (χ1) is 9.26. The highest BCUT2D eigenvalue weighted by molar-refractivity contribution is 6.19. The maximum Gasteiger partial charge on any atom is 0.387 e. The molecular formula is C14H18ClF2NO2. The summed E-state index contributed by atoms with van der Waals surface area (Å²) in [5.74, 6) is 0.261. The summed E-state index contributed by atoms with van der Waals surface area (Å²) >= 11 is 5.77. The first-order valence-electron chi connectivity index (χ1n) is 6.11. The normalized spacial score (nSPS) is 11.6. The fraction of sp³-hybridized carbons (Fsp3) is 0.500. The van der Waals surface area contributed by atoms with Crippen molar-refractivity contribution >= 4 is 17.5 Å². The minimum absolute atomic E-state index is 0.0691. The van der Waals surface area contributed by atoms with Crippen LogP contribution in [-0.4, -0.2) is 30.3 Å². The summed E-state index contributed by atoms with van der Waals surface area (Å²) in [6.07, 6.45) is 0. The van der Waals surface area contributed by atoms with Gasteiger partial charge in [-0.1, -0.05) is 12.1 Å². The Balaban J connectivity index is 2.67. The van der Waals surface area contributed by atoms with Crippen LogP contribution in [0.1, 0.15) is 19.4 Å². The lowest BCUT2D eigenvalue weighted by molar-refractivity contribution is -0.138. The minimum Gasteiger partial charge on any atom is -0.435 e. The second-order valence-electron chi connectivity index (χ2n) is 5.20. The van der Waals surface area contributed by atoms with E-state index in [1.54, 1.807) is 37.9 Å². The molecule has 0 unspecified atom stereocenters. The van der Waals surface area contributed by atoms with Gasteiger partial charge in [-0.25, -0.2) is 0 Å². The number of hydrogen-bond donors (Lipinski definition) is 0. The van der Waals surface area contributed by atoms with Crippen LogP contribution in [0.15, 0.2) is 24.3 Å². The molecule has 0 saturated carbocycles. The van der Waals surface area contributed by atoms with E-state index in [1.165, 1.54) is 12.1 Å². The number of carbonyl (C=O) groups excluding carboxylic acids is 1. The lowest BCUT2D eigenvalue weighted by atomic mass is 9.94. The molecule has 0 spiro atoms. The van der Waals surface area contributed by atoms with Crippen LogP contribution in [0.3, 0.4) is 0 Å². The minimum atomic E-state index is -2.84. The average molecular weight is 306 g/mol. The predicted octanol–water partition coefficient (Wildman–Crippen LogP) is 3.51. The van der Waals surface area contributed by atoms with Crippen molar-refractivity contribution in [2.24, 2.45) is 5.41 Å². The second kappa shape index (κ2) is 6.88. The van der Waals surface area contributed by atoms with Gasteiger partial charge in [0, 0.05) is 19.5 Å². The Kier molecular flexibility index (Phi) is 5.74. The van der Waals surface area contributed by atoms with E-state index in [9.17, 15) is 13.6 Å². The maximum absolute atomic E-state index is 12.1. The van der Waals surface area contributed by atoms with E-state index in [-0.39, 0.29) is 17.5 Å². The van der Waals surface area contributed by atoms with Crippen LogP contribution in [0.2, 0.25) is 0 Å². The molecular weight excluding hydrogens is 288 g/mol. The molecule has 0 N–H and O–H groups in total. The summed E-state index contributed by atoms with van der Waals surface area (Å²) < 4.78 is 28.3. The van der Waals surface area contributed by atoms with Crippen LogP contribution in [0.25, 0.3) is 0 Å². The topological polar surface area (TPSA) is 29.5 Å². The molecule has 0 atom stereocenters. The van der Waals surface area contributed by atoms with Gasteiger partial charge in [-0.15, -0.1) is 11.6 Å². The average Bonchev–Trinajstić information content (AvgIpc) is 2.39. The second-order valence-corrected chi connectivity index (χ2v) is 5.47. The van der Waals surface area contributed by atoms with Gasteiger partial charge in [0.1, 0.15) is 5.75 Å². The third kappa shape index (κ3) is 4.63. The van der Waals surface area contributed by atoms with E-state index in [0.29, 0.717) is 6.54 Å². The summed E-state index contributed by atoms with van der Waals surface area (Å²) in [6.45, 7) is 1.10. The Hall–Kier alpha value is -1.36. The van der Waals surface area contributed by atoms with E-state index < -0.39 is 12.0 Å². The highest BCUT2D eigenvalue weighted by atomic mass is 35.5. The Morgan fingerprint density at radius 2 is 1.90 bits per heavy atom. The van der Waals surface area contributed by atoms with Gasteiger partial charge in [-0.05, 0) is 31.5 Å². The molecule has 0 bridgehead atoms. The van der Waals surface area contributed by atoms with Gasteiger partial charge in [-0.3, -0.25) is 4.79 Å². The van der Waals surface area contributed by atoms with Gasteiger partial charge in [0.05, 0.1) is 5.41 Å². The highest BCUT2D eigenvalue weighted by Gasteiger charge is 2.29. The van der Waals surface area contributed by atoms with Gasteiger partial charge in [0.2, 0.25) is 5.91 Å². The number of amides is 1. The van der Waals surface area contributed by atoms with Crippen molar-refractivity contribution in [3.05, 3.63) is 29.8 Å². The van der Waals surface area contributed by atoms with E-state index in [1.807, 2.05) is 0 Å². The van der Waals surface area contributed by atoms with E-state index in [0.717, 1.165) is 5.56 Å². The number of benzene rings is 1. The Labute approximate surface area is 122 Å². The van der Waals surface area contributed by atoms with Crippen LogP contribution in [0.5, 0.6) is 5.75 Å². The van der Waals surface area contributed by atoms with E-state index in [4.69, 9.17) is 11.6 Å². The molecule has 1 aromatic rings. The fourth-order valence-corrected chi connectivity index (χ4v) is 1.81. The van der Waals surface area contributed by atoms with Crippen LogP contribution in [0.4, 0.5) is 8.78 Å². The molecule has 0 fully saturated rings. The smallest absolute Gasteiger partial charge is 0.387 e. The van der Waals surface area contributed by atoms with Gasteiger partial charge in [-0.2, -0.15) is 8.78 Å². The number of alkyl halides is 3. The van der Waals surface area contributed by atoms with Crippen LogP contribution < -0.4 is 4.74 Å². The van der Waals surface area contributed by atoms with Crippen LogP contribution >= 0.6 is 11.6 Å². The summed E-state index contributed by atoms with van der Waals surface area (Å²) in [6, 6.07) is 6.20. The number of nitrogens with zero attached hydrogens (tertiary/aromatic N) is 1. The van der Waals surface area contributed by atoms with Crippen LogP contribution in [-0.2, 0) is 11.3 Å². The third-order valence-corrected chi connectivity index (χ3v) is 3.50. The molecule has 20 heavy (non-hydrogen) atoms. The van der Waals surface area contributed by atoms with Crippen molar-refractivity contribution in [3.8, 4) is 5.75 Å². The Morgan fingerprint density at radius 1 is 1.35 bits per heavy atom. The largest absolute Gasteiger partial charge is 0.435 e. The van der Waals surface area contributed by atoms with Gasteiger partial charge in [0.25, 0.3) is 0 Å². The standard InChI is InChI=1S/C14H18ClF2NO2/c1-14(2,9-15)12(19)18(3)8-10-4-6-11(7-5-10)20-13(16)17/h4-7,13H,8-9H2,1-3H3. The van der Waals surface area contributed by atoms with Crippen molar-refractivity contribution in [2.45, 2.75) is 27.0 Å². The number of ether oxygens (including phenoxy) is 1. The Bertz CT molecular complexity index is 449. The lowest BCUT2D eigenvalue weighted by Crippen LogP contribution is -2.39.